The fourth-order valence-corrected chi connectivity index (χ4v) is 3.36. The van der Waals surface area contributed by atoms with Gasteiger partial charge in [-0.05, 0) is 35.2 Å². The van der Waals surface area contributed by atoms with E-state index in [-0.39, 0.29) is 11.9 Å². The first kappa shape index (κ1) is 16.3. The number of benzene rings is 2. The summed E-state index contributed by atoms with van der Waals surface area (Å²) in [5.74, 6) is -0.0686. The van der Waals surface area contributed by atoms with Gasteiger partial charge in [0.05, 0.1) is 6.04 Å². The minimum absolute atomic E-state index is 0.0686. The monoisotopic (exact) mass is 336 g/mol. The molecule has 2 aromatic carbocycles. The molecule has 0 radical (unpaired) electrons. The summed E-state index contributed by atoms with van der Waals surface area (Å²) in [6.45, 7) is 0. The lowest BCUT2D eigenvalue weighted by Crippen LogP contribution is -2.29. The molecule has 1 heterocycles. The largest absolute Gasteiger partial charge is 0.378 e. The normalized spacial score (nSPS) is 11.8. The Balaban J connectivity index is 1.88. The summed E-state index contributed by atoms with van der Waals surface area (Å²) in [7, 11) is 3.94. The smallest absolute Gasteiger partial charge is 0.252 e. The van der Waals surface area contributed by atoms with Crippen LogP contribution in [-0.4, -0.2) is 20.0 Å². The van der Waals surface area contributed by atoms with Crippen molar-refractivity contribution >= 4 is 22.9 Å². The molecule has 1 amide bonds. The predicted octanol–water partition coefficient (Wildman–Crippen LogP) is 4.33. The number of thiophene rings is 1. The number of nitrogens with zero attached hydrogens (tertiary/aromatic N) is 1. The maximum atomic E-state index is 12.8. The van der Waals surface area contributed by atoms with Gasteiger partial charge in [0.15, 0.2) is 0 Å². The molecular weight excluding hydrogens is 316 g/mol. The van der Waals surface area contributed by atoms with Gasteiger partial charge < -0.3 is 10.2 Å². The second kappa shape index (κ2) is 7.32. The molecule has 122 valence electrons. The Hall–Kier alpha value is -2.59. The number of carbonyl (C=O) groups is 1. The van der Waals surface area contributed by atoms with Crippen molar-refractivity contribution in [3.8, 4) is 0 Å². The third kappa shape index (κ3) is 3.66. The Bertz CT molecular complexity index is 798. The van der Waals surface area contributed by atoms with Gasteiger partial charge in [-0.3, -0.25) is 4.79 Å². The first-order chi connectivity index (χ1) is 11.6. The molecule has 1 N–H and O–H groups in total. The summed E-state index contributed by atoms with van der Waals surface area (Å²) in [5.41, 5.74) is 2.76. The standard InChI is InChI=1S/C20H20N2OS/c1-22(2)17-11-6-10-16(14-17)20(23)21-19(18-12-7-13-24-18)15-8-4-3-5-9-15/h3-14,19H,1-2H3,(H,21,23). The maximum Gasteiger partial charge on any atom is 0.252 e. The molecule has 0 aliphatic rings. The average Bonchev–Trinajstić information content (AvgIpc) is 3.14. The van der Waals surface area contributed by atoms with Crippen LogP contribution in [-0.2, 0) is 0 Å². The van der Waals surface area contributed by atoms with Gasteiger partial charge in [-0.2, -0.15) is 0 Å². The second-order valence-corrected chi connectivity index (χ2v) is 6.76. The molecule has 0 aliphatic carbocycles. The quantitative estimate of drug-likeness (QED) is 0.752. The number of amides is 1. The number of hydrogen-bond acceptors (Lipinski definition) is 3. The Kier molecular flexibility index (Phi) is 4.96. The van der Waals surface area contributed by atoms with Crippen LogP contribution >= 0.6 is 11.3 Å². The van der Waals surface area contributed by atoms with Gasteiger partial charge in [0.2, 0.25) is 0 Å². The summed E-state index contributed by atoms with van der Waals surface area (Å²) in [6, 6.07) is 21.6. The molecule has 1 unspecified atom stereocenters. The molecule has 0 bridgehead atoms. The first-order valence-electron chi connectivity index (χ1n) is 7.82. The molecule has 3 nitrogen and oxygen atoms in total. The lowest BCUT2D eigenvalue weighted by Gasteiger charge is -2.19. The molecule has 0 saturated carbocycles. The fraction of sp³-hybridized carbons (Fsp3) is 0.150. The third-order valence-corrected chi connectivity index (χ3v) is 4.80. The van der Waals surface area contributed by atoms with Crippen molar-refractivity contribution in [2.24, 2.45) is 0 Å². The van der Waals surface area contributed by atoms with Gasteiger partial charge in [-0.15, -0.1) is 11.3 Å². The molecule has 3 rings (SSSR count). The molecule has 24 heavy (non-hydrogen) atoms. The molecular formula is C20H20N2OS. The molecule has 3 aromatic rings. The molecule has 1 aromatic heterocycles. The molecule has 0 saturated heterocycles. The van der Waals surface area contributed by atoms with Gasteiger partial charge in [0, 0.05) is 30.2 Å². The summed E-state index contributed by atoms with van der Waals surface area (Å²) in [6.07, 6.45) is 0. The maximum absolute atomic E-state index is 12.8. The topological polar surface area (TPSA) is 32.3 Å². The van der Waals surface area contributed by atoms with Crippen molar-refractivity contribution < 1.29 is 4.79 Å². The SMILES string of the molecule is CN(C)c1cccc(C(=O)NC(c2ccccc2)c2cccs2)c1. The number of carbonyl (C=O) groups excluding carboxylic acids is 1. The van der Waals surface area contributed by atoms with Crippen LogP contribution in [0.15, 0.2) is 72.1 Å². The first-order valence-corrected chi connectivity index (χ1v) is 8.70. The minimum Gasteiger partial charge on any atom is -0.378 e. The number of nitrogens with one attached hydrogen (secondary N) is 1. The van der Waals surface area contributed by atoms with Crippen LogP contribution < -0.4 is 10.2 Å². The number of anilines is 1. The highest BCUT2D eigenvalue weighted by Crippen LogP contribution is 2.26. The van der Waals surface area contributed by atoms with Crippen LogP contribution in [0.25, 0.3) is 0 Å². The molecule has 0 spiro atoms. The van der Waals surface area contributed by atoms with Gasteiger partial charge in [0.25, 0.3) is 5.91 Å². The highest BCUT2D eigenvalue weighted by Gasteiger charge is 2.18. The number of rotatable bonds is 5. The average molecular weight is 336 g/mol. The van der Waals surface area contributed by atoms with Crippen molar-refractivity contribution in [2.75, 3.05) is 19.0 Å². The summed E-state index contributed by atoms with van der Waals surface area (Å²) >= 11 is 1.65. The predicted molar refractivity (Wildman–Crippen MR) is 101 cm³/mol. The van der Waals surface area contributed by atoms with Crippen LogP contribution in [0.1, 0.15) is 26.8 Å². The van der Waals surface area contributed by atoms with Gasteiger partial charge in [0.1, 0.15) is 0 Å². The Morgan fingerprint density at radius 2 is 1.79 bits per heavy atom. The highest BCUT2D eigenvalue weighted by molar-refractivity contribution is 7.10. The summed E-state index contributed by atoms with van der Waals surface area (Å²) in [4.78, 5) is 15.9. The van der Waals surface area contributed by atoms with E-state index in [1.54, 1.807) is 11.3 Å². The van der Waals surface area contributed by atoms with Crippen LogP contribution in [0.2, 0.25) is 0 Å². The van der Waals surface area contributed by atoms with E-state index >= 15 is 0 Å². The molecule has 0 aliphatic heterocycles. The van der Waals surface area contributed by atoms with E-state index < -0.39 is 0 Å². The van der Waals surface area contributed by atoms with E-state index in [0.29, 0.717) is 5.56 Å². The van der Waals surface area contributed by atoms with Crippen molar-refractivity contribution in [1.29, 1.82) is 0 Å². The minimum atomic E-state index is -0.137. The van der Waals surface area contributed by atoms with E-state index in [1.165, 1.54) is 0 Å². The van der Waals surface area contributed by atoms with Crippen molar-refractivity contribution in [2.45, 2.75) is 6.04 Å². The zero-order valence-corrected chi connectivity index (χ0v) is 14.6. The van der Waals surface area contributed by atoms with E-state index in [0.717, 1.165) is 16.1 Å². The number of hydrogen-bond donors (Lipinski definition) is 1. The van der Waals surface area contributed by atoms with E-state index in [4.69, 9.17) is 0 Å². The zero-order valence-electron chi connectivity index (χ0n) is 13.8. The van der Waals surface area contributed by atoms with Crippen LogP contribution in [0.4, 0.5) is 5.69 Å². The van der Waals surface area contributed by atoms with E-state index in [2.05, 4.69) is 11.4 Å². The zero-order chi connectivity index (χ0) is 16.9. The fourth-order valence-electron chi connectivity index (χ4n) is 2.56. The molecule has 0 fully saturated rings. The third-order valence-electron chi connectivity index (χ3n) is 3.86. The van der Waals surface area contributed by atoms with Gasteiger partial charge in [-0.1, -0.05) is 42.5 Å². The Morgan fingerprint density at radius 3 is 2.46 bits per heavy atom. The summed E-state index contributed by atoms with van der Waals surface area (Å²) in [5, 5.41) is 5.20. The van der Waals surface area contributed by atoms with Crippen molar-refractivity contribution in [1.82, 2.24) is 5.32 Å². The highest BCUT2D eigenvalue weighted by atomic mass is 32.1. The van der Waals surface area contributed by atoms with Crippen molar-refractivity contribution in [3.05, 3.63) is 88.1 Å². The van der Waals surface area contributed by atoms with E-state index in [9.17, 15) is 4.79 Å². The van der Waals surface area contributed by atoms with Crippen LogP contribution in [0.5, 0.6) is 0 Å². The lowest BCUT2D eigenvalue weighted by atomic mass is 10.0. The van der Waals surface area contributed by atoms with Gasteiger partial charge in [-0.25, -0.2) is 0 Å². The van der Waals surface area contributed by atoms with Crippen LogP contribution in [0, 0.1) is 0 Å². The Morgan fingerprint density at radius 1 is 1.00 bits per heavy atom. The lowest BCUT2D eigenvalue weighted by molar-refractivity contribution is 0.0943. The molecule has 4 heteroatoms. The van der Waals surface area contributed by atoms with Gasteiger partial charge >= 0.3 is 0 Å². The summed E-state index contributed by atoms with van der Waals surface area (Å²) < 4.78 is 0. The second-order valence-electron chi connectivity index (χ2n) is 5.78. The van der Waals surface area contributed by atoms with Crippen molar-refractivity contribution in [3.63, 3.8) is 0 Å². The van der Waals surface area contributed by atoms with E-state index in [1.807, 2.05) is 85.0 Å². The Labute approximate surface area is 146 Å². The van der Waals surface area contributed by atoms with Crippen LogP contribution in [0.3, 0.4) is 0 Å². The molecule has 1 atom stereocenters.